The lowest BCUT2D eigenvalue weighted by atomic mass is 9.91. The molecule has 0 amide bonds. The maximum atomic E-state index is 13.1. The van der Waals surface area contributed by atoms with Crippen LogP contribution < -0.4 is 5.32 Å². The van der Waals surface area contributed by atoms with Crippen molar-refractivity contribution in [1.29, 1.82) is 0 Å². The maximum absolute atomic E-state index is 13.1. The zero-order valence-corrected chi connectivity index (χ0v) is 15.2. The van der Waals surface area contributed by atoms with Gasteiger partial charge in [0.15, 0.2) is 9.84 Å². The summed E-state index contributed by atoms with van der Waals surface area (Å²) in [7, 11) is -3.33. The third-order valence-electron chi connectivity index (χ3n) is 5.07. The zero-order chi connectivity index (χ0) is 17.2. The minimum Gasteiger partial charge on any atom is -0.334 e. The summed E-state index contributed by atoms with van der Waals surface area (Å²) in [5.41, 5.74) is 0.434. The van der Waals surface area contributed by atoms with Gasteiger partial charge in [0.1, 0.15) is 6.17 Å². The first-order valence-corrected chi connectivity index (χ1v) is 10.4. The van der Waals surface area contributed by atoms with Crippen molar-refractivity contribution in [2.45, 2.75) is 56.1 Å². The smallest absolute Gasteiger partial charge is 0.180 e. The Bertz CT molecular complexity index is 783. The molecule has 1 aliphatic rings. The van der Waals surface area contributed by atoms with E-state index in [0.29, 0.717) is 4.90 Å². The minimum atomic E-state index is -3.33. The lowest BCUT2D eigenvalue weighted by Gasteiger charge is -2.36. The van der Waals surface area contributed by atoms with Crippen LogP contribution in [0.3, 0.4) is 0 Å². The van der Waals surface area contributed by atoms with Gasteiger partial charge in [0, 0.05) is 23.5 Å². The normalized spacial score (nSPS) is 25.8. The maximum Gasteiger partial charge on any atom is 0.180 e. The number of hydrogen-bond donors (Lipinski definition) is 1. The first-order chi connectivity index (χ1) is 11.5. The minimum absolute atomic E-state index is 0.158. The average Bonchev–Trinajstić information content (AvgIpc) is 3.08. The average molecular weight is 346 g/mol. The topological polar surface area (TPSA) is 51.1 Å². The van der Waals surface area contributed by atoms with Gasteiger partial charge >= 0.3 is 0 Å². The molecule has 1 aromatic carbocycles. The third-order valence-corrected chi connectivity index (χ3v) is 7.04. The van der Waals surface area contributed by atoms with E-state index in [1.165, 1.54) is 0 Å². The molecule has 0 aliphatic carbocycles. The van der Waals surface area contributed by atoms with Crippen molar-refractivity contribution in [2.75, 3.05) is 5.75 Å². The molecule has 4 nitrogen and oxygen atoms in total. The van der Waals surface area contributed by atoms with Crippen LogP contribution in [0.25, 0.3) is 0 Å². The molecule has 0 bridgehead atoms. The van der Waals surface area contributed by atoms with Gasteiger partial charge in [0.2, 0.25) is 0 Å². The molecule has 3 rings (SSSR count). The van der Waals surface area contributed by atoms with E-state index in [2.05, 4.69) is 23.7 Å². The van der Waals surface area contributed by atoms with E-state index in [1.54, 1.807) is 6.07 Å². The number of sulfone groups is 1. The summed E-state index contributed by atoms with van der Waals surface area (Å²) in [6, 6.07) is 11.4. The van der Waals surface area contributed by atoms with Gasteiger partial charge in [-0.2, -0.15) is 0 Å². The molecule has 2 heterocycles. The fourth-order valence-electron chi connectivity index (χ4n) is 3.64. The number of rotatable bonds is 5. The van der Waals surface area contributed by atoms with E-state index in [-0.39, 0.29) is 11.9 Å². The van der Waals surface area contributed by atoms with Gasteiger partial charge in [-0.1, -0.05) is 44.9 Å². The van der Waals surface area contributed by atoms with E-state index >= 15 is 0 Å². The number of nitrogens with zero attached hydrogens (tertiary/aromatic N) is 1. The Balaban J connectivity index is 2.15. The first kappa shape index (κ1) is 17.2. The van der Waals surface area contributed by atoms with Crippen LogP contribution in [0.15, 0.2) is 53.7 Å². The Hall–Kier alpha value is -1.59. The molecule has 0 saturated heterocycles. The molecule has 0 saturated carbocycles. The monoisotopic (exact) mass is 346 g/mol. The van der Waals surface area contributed by atoms with Gasteiger partial charge in [0.25, 0.3) is 0 Å². The van der Waals surface area contributed by atoms with E-state index in [1.807, 2.05) is 42.7 Å². The Kier molecular flexibility index (Phi) is 4.83. The summed E-state index contributed by atoms with van der Waals surface area (Å²) in [5.74, 6) is 0.158. The van der Waals surface area contributed by atoms with Crippen molar-refractivity contribution >= 4 is 9.84 Å². The largest absolute Gasteiger partial charge is 0.334 e. The fourth-order valence-corrected chi connectivity index (χ4v) is 5.78. The van der Waals surface area contributed by atoms with Crippen molar-refractivity contribution in [3.8, 4) is 0 Å². The van der Waals surface area contributed by atoms with Crippen molar-refractivity contribution in [3.63, 3.8) is 0 Å². The van der Waals surface area contributed by atoms with Crippen LogP contribution in [-0.2, 0) is 9.84 Å². The molecule has 2 aromatic rings. The summed E-state index contributed by atoms with van der Waals surface area (Å²) >= 11 is 0. The van der Waals surface area contributed by atoms with Gasteiger partial charge in [-0.15, -0.1) is 0 Å². The molecule has 0 unspecified atom stereocenters. The van der Waals surface area contributed by atoms with Gasteiger partial charge < -0.3 is 4.57 Å². The molecule has 24 heavy (non-hydrogen) atoms. The summed E-state index contributed by atoms with van der Waals surface area (Å²) < 4.78 is 28.3. The van der Waals surface area contributed by atoms with E-state index in [0.717, 1.165) is 31.2 Å². The van der Waals surface area contributed by atoms with Crippen LogP contribution in [0.4, 0.5) is 0 Å². The highest BCUT2D eigenvalue weighted by Gasteiger charge is 2.41. The van der Waals surface area contributed by atoms with Crippen LogP contribution in [0.1, 0.15) is 51.3 Å². The lowest BCUT2D eigenvalue weighted by molar-refractivity contribution is 0.262. The van der Waals surface area contributed by atoms with Crippen molar-refractivity contribution in [2.24, 2.45) is 0 Å². The van der Waals surface area contributed by atoms with Crippen LogP contribution in [-0.4, -0.2) is 24.3 Å². The second-order valence-electron chi connectivity index (χ2n) is 6.71. The molecular formula is C19H26N2O2S. The standard InChI is InChI=1S/C19H26N2O2S/c1-3-5-12-19(4-2)15-24(22,23)17-11-7-6-10-16(17)18(20-19)21-13-8-9-14-21/h6-11,13-14,18,20H,3-5,12,15H2,1-2H3/t18-,19-/m0/s1. The molecule has 0 spiro atoms. The second kappa shape index (κ2) is 6.73. The van der Waals surface area contributed by atoms with Crippen LogP contribution >= 0.6 is 0 Å². The molecule has 1 aliphatic heterocycles. The number of nitrogens with one attached hydrogen (secondary N) is 1. The van der Waals surface area contributed by atoms with Crippen molar-refractivity contribution < 1.29 is 8.42 Å². The summed E-state index contributed by atoms with van der Waals surface area (Å²) in [4.78, 5) is 0.461. The predicted molar refractivity (Wildman–Crippen MR) is 96.7 cm³/mol. The Labute approximate surface area is 144 Å². The number of fused-ring (bicyclic) bond motifs is 1. The predicted octanol–water partition coefficient (Wildman–Crippen LogP) is 3.75. The van der Waals surface area contributed by atoms with Crippen molar-refractivity contribution in [3.05, 3.63) is 54.4 Å². The Morgan fingerprint density at radius 2 is 1.88 bits per heavy atom. The zero-order valence-electron chi connectivity index (χ0n) is 14.4. The number of aromatic nitrogens is 1. The number of unbranched alkanes of at least 4 members (excludes halogenated alkanes) is 1. The Morgan fingerprint density at radius 1 is 1.17 bits per heavy atom. The molecule has 130 valence electrons. The molecule has 1 N–H and O–H groups in total. The fraction of sp³-hybridized carbons (Fsp3) is 0.474. The third kappa shape index (κ3) is 3.15. The Morgan fingerprint density at radius 3 is 2.54 bits per heavy atom. The van der Waals surface area contributed by atoms with Gasteiger partial charge in [-0.05, 0) is 31.0 Å². The highest BCUT2D eigenvalue weighted by molar-refractivity contribution is 7.91. The summed E-state index contributed by atoms with van der Waals surface area (Å²) in [5, 5.41) is 3.71. The highest BCUT2D eigenvalue weighted by Crippen LogP contribution is 2.35. The SMILES string of the molecule is CCCC[C@@]1(CC)CS(=O)(=O)c2ccccc2[C@H](n2cccc2)N1. The van der Waals surface area contributed by atoms with E-state index < -0.39 is 15.4 Å². The summed E-state index contributed by atoms with van der Waals surface area (Å²) in [6.07, 6.45) is 7.56. The molecule has 1 aromatic heterocycles. The van der Waals surface area contributed by atoms with Gasteiger partial charge in [-0.3, -0.25) is 5.32 Å². The van der Waals surface area contributed by atoms with Gasteiger partial charge in [-0.25, -0.2) is 8.42 Å². The van der Waals surface area contributed by atoms with E-state index in [9.17, 15) is 8.42 Å². The molecular weight excluding hydrogens is 320 g/mol. The van der Waals surface area contributed by atoms with E-state index in [4.69, 9.17) is 0 Å². The quantitative estimate of drug-likeness (QED) is 0.897. The van der Waals surface area contributed by atoms with Crippen LogP contribution in [0.5, 0.6) is 0 Å². The molecule has 0 fully saturated rings. The van der Waals surface area contributed by atoms with Crippen LogP contribution in [0, 0.1) is 0 Å². The summed E-state index contributed by atoms with van der Waals surface area (Å²) in [6.45, 7) is 4.23. The van der Waals surface area contributed by atoms with Crippen LogP contribution in [0.2, 0.25) is 0 Å². The second-order valence-corrected chi connectivity index (χ2v) is 8.67. The number of hydrogen-bond acceptors (Lipinski definition) is 3. The highest BCUT2D eigenvalue weighted by atomic mass is 32.2. The molecule has 0 radical (unpaired) electrons. The molecule has 2 atom stereocenters. The van der Waals surface area contributed by atoms with Crippen molar-refractivity contribution in [1.82, 2.24) is 9.88 Å². The molecule has 5 heteroatoms. The number of benzene rings is 1. The van der Waals surface area contributed by atoms with Gasteiger partial charge in [0.05, 0.1) is 10.6 Å². The first-order valence-electron chi connectivity index (χ1n) is 8.73. The lowest BCUT2D eigenvalue weighted by Crippen LogP contribution is -2.51.